The van der Waals surface area contributed by atoms with Crippen LogP contribution in [-0.2, 0) is 11.6 Å². The summed E-state index contributed by atoms with van der Waals surface area (Å²) in [5.74, 6) is 0. The number of halogens is 2. The highest BCUT2D eigenvalue weighted by molar-refractivity contribution is 8.03. The van der Waals surface area contributed by atoms with Crippen LogP contribution in [0.4, 0.5) is 11.4 Å². The highest BCUT2D eigenvalue weighted by Crippen LogP contribution is 2.52. The van der Waals surface area contributed by atoms with Crippen LogP contribution in [0.3, 0.4) is 0 Å². The number of thioether (sulfide) groups is 1. The highest BCUT2D eigenvalue weighted by atomic mass is 35.5. The molecule has 58 heavy (non-hydrogen) atoms. The van der Waals surface area contributed by atoms with E-state index < -0.39 is 7.82 Å². The molecule has 0 atom stereocenters. The number of nitrogens with zero attached hydrogens (tertiary/aromatic N) is 2. The number of phosphoric acid groups is 1. The van der Waals surface area contributed by atoms with Crippen molar-refractivity contribution in [3.8, 4) is 0 Å². The maximum absolute atomic E-state index is 12.2. The minimum absolute atomic E-state index is 0. The number of pyridine rings is 1. The molecule has 0 bridgehead atoms. The van der Waals surface area contributed by atoms with Crippen LogP contribution in [0, 0.1) is 5.41 Å². The van der Waals surface area contributed by atoms with Gasteiger partial charge in [-0.25, -0.2) is 0 Å². The predicted molar refractivity (Wildman–Crippen MR) is 243 cm³/mol. The molecule has 0 N–H and O–H groups in total. The van der Waals surface area contributed by atoms with Gasteiger partial charge in [-0.15, -0.1) is 12.6 Å². The molecule has 1 aromatic heterocycles. The quantitative estimate of drug-likeness (QED) is 0.0797. The zero-order chi connectivity index (χ0) is 41.5. The van der Waals surface area contributed by atoms with Crippen LogP contribution in [0.2, 0.25) is 10.0 Å². The van der Waals surface area contributed by atoms with E-state index in [2.05, 4.69) is 111 Å². The molecule has 1 aliphatic heterocycles. The lowest BCUT2D eigenvalue weighted by atomic mass is 9.84. The molecule has 0 saturated carbocycles. The van der Waals surface area contributed by atoms with Gasteiger partial charge in [0.2, 0.25) is 0 Å². The van der Waals surface area contributed by atoms with Crippen molar-refractivity contribution in [2.75, 3.05) is 11.9 Å². The number of thiol groups is 1. The Hall–Kier alpha value is -4.28. The van der Waals surface area contributed by atoms with Crippen molar-refractivity contribution >= 4 is 94.2 Å². The van der Waals surface area contributed by atoms with Crippen LogP contribution >= 0.6 is 55.4 Å². The molecule has 0 saturated heterocycles. The molecule has 2 heterocycles. The van der Waals surface area contributed by atoms with Gasteiger partial charge in [0, 0.05) is 77.7 Å². The number of rotatable bonds is 2. The molecule has 7 aromatic rings. The van der Waals surface area contributed by atoms with E-state index in [0.29, 0.717) is 0 Å². The maximum atomic E-state index is 12.2. The number of benzene rings is 6. The third-order valence-electron chi connectivity index (χ3n) is 8.86. The molecule has 0 radical (unpaired) electrons. The fourth-order valence-electron chi connectivity index (χ4n) is 6.31. The summed E-state index contributed by atoms with van der Waals surface area (Å²) in [6.45, 7) is 6.88. The zero-order valence-corrected chi connectivity index (χ0v) is 36.0. The summed E-state index contributed by atoms with van der Waals surface area (Å²) in [5.41, 5.74) is 8.46. The number of fused-ring (bicyclic) bond motifs is 4. The number of aryl methyl sites for hydroxylation is 1. The molecule has 0 amide bonds. The molecule has 6 aromatic carbocycles. The van der Waals surface area contributed by atoms with Crippen LogP contribution < -0.4 is 25.0 Å². The Bertz CT molecular complexity index is 2500. The van der Waals surface area contributed by atoms with Gasteiger partial charge in [-0.3, -0.25) is 4.79 Å². The first kappa shape index (κ1) is 46.4. The zero-order valence-electron chi connectivity index (χ0n) is 31.9. The van der Waals surface area contributed by atoms with Crippen LogP contribution in [0.25, 0.3) is 27.4 Å². The summed E-state index contributed by atoms with van der Waals surface area (Å²) in [7, 11) is -1.25. The molecule has 0 fully saturated rings. The first-order valence-electron chi connectivity index (χ1n) is 17.7. The van der Waals surface area contributed by atoms with Gasteiger partial charge in [-0.05, 0) is 90.3 Å². The number of anilines is 2. The Morgan fingerprint density at radius 2 is 1.02 bits per heavy atom. The lowest BCUT2D eigenvalue weighted by Gasteiger charge is -2.36. The Kier molecular flexibility index (Phi) is 16.1. The largest absolute Gasteiger partial charge is 0.822 e. The summed E-state index contributed by atoms with van der Waals surface area (Å²) in [6, 6.07) is 48.3. The van der Waals surface area contributed by atoms with Crippen molar-refractivity contribution < 1.29 is 19.2 Å². The van der Waals surface area contributed by atoms with E-state index >= 15 is 0 Å². The van der Waals surface area contributed by atoms with Crippen molar-refractivity contribution in [2.45, 2.75) is 38.0 Å². The van der Waals surface area contributed by atoms with Crippen molar-refractivity contribution in [1.29, 1.82) is 0 Å². The SMILES string of the molecule is C.CN1c2ccccc2C(=C(Sc2ccc(Cl)cc2)C(C)(C)C)c2ccccc21.Cn1c2ccccc2c(=O)c2ccccc21.O=P([O-])([O-])[O-].Sc1ccc(Cl)cc1. The van der Waals surface area contributed by atoms with E-state index in [1.165, 1.54) is 37.9 Å². The summed E-state index contributed by atoms with van der Waals surface area (Å²) in [4.78, 5) is 43.7. The third kappa shape index (κ3) is 11.9. The first-order chi connectivity index (χ1) is 26.9. The number of para-hydroxylation sites is 4. The van der Waals surface area contributed by atoms with Crippen molar-refractivity contribution in [3.05, 3.63) is 182 Å². The third-order valence-corrected chi connectivity index (χ3v) is 11.2. The first-order valence-corrected chi connectivity index (χ1v) is 21.2. The number of hydrogen-bond acceptors (Lipinski definition) is 8. The highest BCUT2D eigenvalue weighted by Gasteiger charge is 2.31. The van der Waals surface area contributed by atoms with Crippen molar-refractivity contribution in [1.82, 2.24) is 4.57 Å². The molecule has 12 heteroatoms. The molecule has 8 rings (SSSR count). The Labute approximate surface area is 360 Å². The second kappa shape index (κ2) is 20.1. The molecule has 1 aliphatic rings. The fourth-order valence-corrected chi connectivity index (χ4v) is 7.84. The summed E-state index contributed by atoms with van der Waals surface area (Å²) in [5, 5.41) is 3.08. The van der Waals surface area contributed by atoms with Gasteiger partial charge in [-0.1, -0.05) is 124 Å². The molecule has 302 valence electrons. The lowest BCUT2D eigenvalue weighted by Crippen LogP contribution is -2.24. The Morgan fingerprint density at radius 3 is 1.43 bits per heavy atom. The average molecular weight is 871 g/mol. The molecule has 0 spiro atoms. The average Bonchev–Trinajstić information content (AvgIpc) is 3.18. The number of hydrogen-bond donors (Lipinski definition) is 1. The van der Waals surface area contributed by atoms with E-state index in [1.54, 1.807) is 0 Å². The monoisotopic (exact) mass is 869 g/mol. The van der Waals surface area contributed by atoms with Crippen LogP contribution in [-0.4, -0.2) is 11.6 Å². The van der Waals surface area contributed by atoms with E-state index in [-0.39, 0.29) is 18.3 Å². The van der Waals surface area contributed by atoms with Crippen molar-refractivity contribution in [3.63, 3.8) is 0 Å². The number of allylic oxidation sites excluding steroid dienone is 1. The topological polar surface area (TPSA) is 111 Å². The van der Waals surface area contributed by atoms with Gasteiger partial charge < -0.3 is 28.7 Å². The molecule has 7 nitrogen and oxygen atoms in total. The normalized spacial score (nSPS) is 11.7. The van der Waals surface area contributed by atoms with E-state index in [9.17, 15) is 4.79 Å². The molecule has 0 unspecified atom stereocenters. The standard InChI is InChI=1S/C25H24ClNS.C14H11NO.C6H5ClS.CH4.H3O4P/c1-25(2,3)24(28-18-15-13-17(26)14-16-18)23-19-9-5-7-11-21(19)27(4)22-12-8-6-10-20(22)23;1-15-12-8-4-2-6-10(12)14(16)11-7-3-5-9-13(11)15;7-5-1-3-6(8)4-2-5;;1-5(2,3)4/h5-16H,1-4H3;2-9H,1H3;1-4,8H;1H4;(H3,1,2,3,4)/p-3. The Morgan fingerprint density at radius 1 is 0.638 bits per heavy atom. The van der Waals surface area contributed by atoms with E-state index in [0.717, 1.165) is 36.7 Å². The molecular formula is C46H44Cl2N2O5PS2-3. The minimum atomic E-state index is -5.39. The van der Waals surface area contributed by atoms with Gasteiger partial charge in [0.25, 0.3) is 0 Å². The van der Waals surface area contributed by atoms with Gasteiger partial charge in [0.15, 0.2) is 5.43 Å². The lowest BCUT2D eigenvalue weighted by molar-refractivity contribution is -0.432. The number of aromatic nitrogens is 1. The van der Waals surface area contributed by atoms with Gasteiger partial charge in [0.1, 0.15) is 0 Å². The minimum Gasteiger partial charge on any atom is -0.822 e. The summed E-state index contributed by atoms with van der Waals surface area (Å²) in [6.07, 6.45) is 0. The second-order valence-corrected chi connectivity index (χ2v) is 17.3. The van der Waals surface area contributed by atoms with Crippen molar-refractivity contribution in [2.24, 2.45) is 12.5 Å². The van der Waals surface area contributed by atoms with Gasteiger partial charge in [0.05, 0.1) is 11.0 Å². The van der Waals surface area contributed by atoms with Gasteiger partial charge >= 0.3 is 0 Å². The maximum Gasteiger partial charge on any atom is 0.197 e. The van der Waals surface area contributed by atoms with E-state index in [1.807, 2.05) is 104 Å². The molecular weight excluding hydrogens is 827 g/mol. The smallest absolute Gasteiger partial charge is 0.197 e. The van der Waals surface area contributed by atoms with Crippen LogP contribution in [0.15, 0.2) is 165 Å². The summed E-state index contributed by atoms with van der Waals surface area (Å²) >= 11 is 17.6. The van der Waals surface area contributed by atoms with E-state index in [4.69, 9.17) is 42.4 Å². The Balaban J connectivity index is 0.000000207. The summed E-state index contributed by atoms with van der Waals surface area (Å²) < 4.78 is 10.6. The molecule has 0 aliphatic carbocycles. The van der Waals surface area contributed by atoms with Gasteiger partial charge in [-0.2, -0.15) is 7.82 Å². The predicted octanol–water partition coefficient (Wildman–Crippen LogP) is 11.2. The van der Waals surface area contributed by atoms with Crippen LogP contribution in [0.5, 0.6) is 0 Å². The van der Waals surface area contributed by atoms with Crippen LogP contribution in [0.1, 0.15) is 39.3 Å². The fraction of sp³-hybridized carbons (Fsp3) is 0.152. The second-order valence-electron chi connectivity index (χ2n) is 13.9.